The van der Waals surface area contributed by atoms with Crippen molar-refractivity contribution >= 4 is 69.2 Å². The predicted octanol–water partition coefficient (Wildman–Crippen LogP) is 9.19. The number of methoxy groups -OCH3 is 2. The van der Waals surface area contributed by atoms with Gasteiger partial charge in [-0.15, -0.1) is 0 Å². The summed E-state index contributed by atoms with van der Waals surface area (Å²) in [5, 5.41) is 12.7. The Morgan fingerprint density at radius 3 is 0.960 bits per heavy atom. The topological polar surface area (TPSA) is 18.5 Å². The molecule has 0 saturated carbocycles. The zero-order valence-corrected chi connectivity index (χ0v) is 29.8. The number of hydrogen-bond donors (Lipinski definition) is 0. The van der Waals surface area contributed by atoms with Gasteiger partial charge in [0.05, 0.1) is 14.2 Å². The summed E-state index contributed by atoms with van der Waals surface area (Å²) in [6, 6.07) is 66.4. The average Bonchev–Trinajstić information content (AvgIpc) is 3.19. The molecule has 0 aliphatic rings. The second-order valence-electron chi connectivity index (χ2n) is 12.1. The molecule has 8 aromatic carbocycles. The molecule has 0 radical (unpaired) electrons. The number of fused-ring (bicyclic) bond motifs is 2. The zero-order valence-electron chi connectivity index (χ0n) is 28.0. The molecule has 0 aliphatic heterocycles. The van der Waals surface area contributed by atoms with E-state index in [2.05, 4.69) is 182 Å². The molecule has 8 rings (SSSR count). The predicted molar refractivity (Wildman–Crippen MR) is 217 cm³/mol. The minimum atomic E-state index is -0.928. The van der Waals surface area contributed by atoms with E-state index in [1.165, 1.54) is 53.7 Å². The summed E-state index contributed by atoms with van der Waals surface area (Å²) in [4.78, 5) is 0. The Kier molecular flexibility index (Phi) is 9.15. The third-order valence-corrected chi connectivity index (χ3v) is 14.2. The van der Waals surface area contributed by atoms with Gasteiger partial charge in [0.15, 0.2) is 0 Å². The lowest BCUT2D eigenvalue weighted by atomic mass is 9.93. The van der Waals surface area contributed by atoms with Gasteiger partial charge < -0.3 is 9.47 Å². The fourth-order valence-electron chi connectivity index (χ4n) is 6.91. The molecule has 0 atom stereocenters. The second kappa shape index (κ2) is 14.3. The lowest BCUT2D eigenvalue weighted by Crippen LogP contribution is -2.26. The molecule has 0 N–H and O–H groups in total. The van der Waals surface area contributed by atoms with E-state index in [-0.39, 0.29) is 0 Å². The molecule has 0 amide bonds. The van der Waals surface area contributed by atoms with Crippen LogP contribution in [0.3, 0.4) is 0 Å². The fraction of sp³-hybridized carbons (Fsp3) is 0.0435. The van der Waals surface area contributed by atoms with Crippen LogP contribution in [-0.2, 0) is 0 Å². The fourth-order valence-corrected chi connectivity index (χ4v) is 11.9. The minimum Gasteiger partial charge on any atom is -0.497 e. The summed E-state index contributed by atoms with van der Waals surface area (Å²) in [5.41, 5.74) is 2.54. The molecule has 0 unspecified atom stereocenters. The molecule has 2 nitrogen and oxygen atoms in total. The lowest BCUT2D eigenvalue weighted by Gasteiger charge is -2.28. The molecule has 0 bridgehead atoms. The third-order valence-electron chi connectivity index (χ3n) is 9.20. The van der Waals surface area contributed by atoms with Crippen molar-refractivity contribution in [2.45, 2.75) is 0 Å². The highest BCUT2D eigenvalue weighted by atomic mass is 31.1. The summed E-state index contributed by atoms with van der Waals surface area (Å²) in [7, 11) is 1.62. The SMILES string of the molecule is COc1ccc2c(-c3c(P(c4ccccc4)c4ccccc4)ccc4cc(OC)ccc34)c(P(c3ccccc3)c3ccccc3)ccc2c1. The Morgan fingerprint density at radius 2 is 0.660 bits per heavy atom. The van der Waals surface area contributed by atoms with Crippen molar-refractivity contribution in [3.8, 4) is 22.6 Å². The molecule has 0 heterocycles. The van der Waals surface area contributed by atoms with Crippen molar-refractivity contribution in [3.05, 3.63) is 182 Å². The van der Waals surface area contributed by atoms with Crippen molar-refractivity contribution < 1.29 is 9.47 Å². The van der Waals surface area contributed by atoms with Crippen molar-refractivity contribution in [1.82, 2.24) is 0 Å². The van der Waals surface area contributed by atoms with Gasteiger partial charge in [-0.05, 0) is 105 Å². The van der Waals surface area contributed by atoms with Crippen LogP contribution < -0.4 is 41.3 Å². The Balaban J connectivity index is 1.55. The van der Waals surface area contributed by atoms with Crippen LogP contribution in [0.25, 0.3) is 32.7 Å². The van der Waals surface area contributed by atoms with Crippen molar-refractivity contribution in [2.24, 2.45) is 0 Å². The standard InChI is InChI=1S/C46H36O2P2/c1-47-35-25-27-41-33(31-35)23-29-43(49(37-15-7-3-8-16-37)38-17-9-4-10-18-38)45(41)46-42-28-26-36(48-2)32-34(42)24-30-44(46)50(39-19-11-5-12-20-39)40-21-13-6-14-22-40/h3-32H,1-2H3. The summed E-state index contributed by atoms with van der Waals surface area (Å²) < 4.78 is 11.5. The highest BCUT2D eigenvalue weighted by Crippen LogP contribution is 2.46. The van der Waals surface area contributed by atoms with Crippen LogP contribution in [0.1, 0.15) is 0 Å². The van der Waals surface area contributed by atoms with Gasteiger partial charge in [0, 0.05) is 0 Å². The van der Waals surface area contributed by atoms with Crippen LogP contribution in [0.15, 0.2) is 182 Å². The summed E-state index contributed by atoms with van der Waals surface area (Å²) in [5.74, 6) is 1.70. The number of ether oxygens (including phenoxy) is 2. The first-order valence-electron chi connectivity index (χ1n) is 16.8. The van der Waals surface area contributed by atoms with Crippen molar-refractivity contribution in [1.29, 1.82) is 0 Å². The van der Waals surface area contributed by atoms with Crippen LogP contribution >= 0.6 is 15.8 Å². The maximum Gasteiger partial charge on any atom is 0.119 e. The van der Waals surface area contributed by atoms with Crippen LogP contribution in [0.4, 0.5) is 0 Å². The van der Waals surface area contributed by atoms with E-state index in [4.69, 9.17) is 9.47 Å². The van der Waals surface area contributed by atoms with Gasteiger partial charge in [-0.1, -0.05) is 158 Å². The van der Waals surface area contributed by atoms with E-state index in [9.17, 15) is 0 Å². The molecular formula is C46H36O2P2. The van der Waals surface area contributed by atoms with E-state index in [1.54, 1.807) is 14.2 Å². The summed E-state index contributed by atoms with van der Waals surface area (Å²) >= 11 is 0. The molecule has 50 heavy (non-hydrogen) atoms. The Labute approximate surface area is 296 Å². The number of hydrogen-bond acceptors (Lipinski definition) is 2. The van der Waals surface area contributed by atoms with Gasteiger partial charge in [-0.25, -0.2) is 0 Å². The largest absolute Gasteiger partial charge is 0.497 e. The Morgan fingerprint density at radius 1 is 0.340 bits per heavy atom. The molecule has 0 spiro atoms. The van der Waals surface area contributed by atoms with Crippen LogP contribution in [-0.4, -0.2) is 14.2 Å². The highest BCUT2D eigenvalue weighted by molar-refractivity contribution is 7.80. The second-order valence-corrected chi connectivity index (χ2v) is 16.5. The molecule has 0 aromatic heterocycles. The van der Waals surface area contributed by atoms with Gasteiger partial charge in [0.2, 0.25) is 0 Å². The number of rotatable bonds is 9. The first-order valence-corrected chi connectivity index (χ1v) is 19.4. The van der Waals surface area contributed by atoms with E-state index in [1.807, 2.05) is 0 Å². The number of benzene rings is 8. The van der Waals surface area contributed by atoms with Crippen LogP contribution in [0.5, 0.6) is 11.5 Å². The zero-order chi connectivity index (χ0) is 33.9. The molecule has 0 fully saturated rings. The van der Waals surface area contributed by atoms with E-state index in [0.717, 1.165) is 22.3 Å². The van der Waals surface area contributed by atoms with Gasteiger partial charge in [-0.3, -0.25) is 0 Å². The summed E-state index contributed by atoms with van der Waals surface area (Å²) in [6.07, 6.45) is 0. The third kappa shape index (κ3) is 6.07. The van der Waals surface area contributed by atoms with E-state index < -0.39 is 15.8 Å². The van der Waals surface area contributed by atoms with Gasteiger partial charge in [0.25, 0.3) is 0 Å². The smallest absolute Gasteiger partial charge is 0.119 e. The highest BCUT2D eigenvalue weighted by Gasteiger charge is 2.28. The molecule has 8 aromatic rings. The normalized spacial score (nSPS) is 11.4. The van der Waals surface area contributed by atoms with Gasteiger partial charge in [-0.2, -0.15) is 0 Å². The Bertz CT molecular complexity index is 2140. The molecule has 0 saturated heterocycles. The first kappa shape index (κ1) is 32.0. The van der Waals surface area contributed by atoms with Gasteiger partial charge >= 0.3 is 0 Å². The molecule has 4 heteroatoms. The molecular weight excluding hydrogens is 646 g/mol. The average molecular weight is 683 g/mol. The Hall–Kier alpha value is -5.26. The van der Waals surface area contributed by atoms with Gasteiger partial charge in [0.1, 0.15) is 11.5 Å². The molecule has 242 valence electrons. The monoisotopic (exact) mass is 682 g/mol. The minimum absolute atomic E-state index is 0.850. The van der Waals surface area contributed by atoms with Crippen molar-refractivity contribution in [3.63, 3.8) is 0 Å². The van der Waals surface area contributed by atoms with Crippen LogP contribution in [0.2, 0.25) is 0 Å². The maximum absolute atomic E-state index is 5.75. The van der Waals surface area contributed by atoms with E-state index >= 15 is 0 Å². The quantitative estimate of drug-likeness (QED) is 0.141. The van der Waals surface area contributed by atoms with Crippen molar-refractivity contribution in [2.75, 3.05) is 14.2 Å². The van der Waals surface area contributed by atoms with Crippen LogP contribution in [0, 0.1) is 0 Å². The van der Waals surface area contributed by atoms with E-state index in [0.29, 0.717) is 0 Å². The first-order chi connectivity index (χ1) is 24.7. The summed E-state index contributed by atoms with van der Waals surface area (Å²) in [6.45, 7) is 0. The maximum atomic E-state index is 5.75. The lowest BCUT2D eigenvalue weighted by molar-refractivity contribution is 0.415. The molecule has 0 aliphatic carbocycles.